The molecule has 0 unspecified atom stereocenters. The molecule has 3 heterocycles. The number of nitrogens with zero attached hydrogens (tertiary/aromatic N) is 2. The average Bonchev–Trinajstić information content (AvgIpc) is 3.02. The molecule has 0 saturated heterocycles. The maximum Gasteiger partial charge on any atom is 0.266 e. The summed E-state index contributed by atoms with van der Waals surface area (Å²) < 4.78 is 2.19. The second-order valence-electron chi connectivity index (χ2n) is 3.48. The smallest absolute Gasteiger partial charge is 0.266 e. The molecule has 7 heteroatoms. The van der Waals surface area contributed by atoms with Gasteiger partial charge in [0.1, 0.15) is 17.5 Å². The van der Waals surface area contributed by atoms with Gasteiger partial charge < -0.3 is 5.32 Å². The first-order valence-electron chi connectivity index (χ1n) is 5.00. The van der Waals surface area contributed by atoms with E-state index in [-0.39, 0.29) is 5.91 Å². The Morgan fingerprint density at radius 1 is 1.50 bits per heavy atom. The number of carbonyl (C=O) groups is 1. The van der Waals surface area contributed by atoms with Crippen LogP contribution in [0.15, 0.2) is 23.7 Å². The van der Waals surface area contributed by atoms with Crippen molar-refractivity contribution < 1.29 is 4.79 Å². The molecule has 0 radical (unpaired) electrons. The third-order valence-electron chi connectivity index (χ3n) is 2.36. The third kappa shape index (κ3) is 1.77. The Kier molecular flexibility index (Phi) is 2.59. The van der Waals surface area contributed by atoms with Crippen LogP contribution in [0.5, 0.6) is 0 Å². The van der Waals surface area contributed by atoms with Crippen LogP contribution >= 0.6 is 22.7 Å². The molecule has 0 bridgehead atoms. The number of rotatable bonds is 2. The zero-order valence-corrected chi connectivity index (χ0v) is 10.6. The highest BCUT2D eigenvalue weighted by Crippen LogP contribution is 2.30. The summed E-state index contributed by atoms with van der Waals surface area (Å²) in [5, 5.41) is 19.8. The molecule has 3 rings (SSSR count). The van der Waals surface area contributed by atoms with Gasteiger partial charge in [0.2, 0.25) is 0 Å². The van der Waals surface area contributed by atoms with E-state index < -0.39 is 0 Å². The minimum absolute atomic E-state index is 0.232. The van der Waals surface area contributed by atoms with E-state index in [9.17, 15) is 4.79 Å². The van der Waals surface area contributed by atoms with Gasteiger partial charge in [-0.15, -0.1) is 22.7 Å². The molecule has 0 aliphatic heterocycles. The highest BCUT2D eigenvalue weighted by Gasteiger charge is 2.13. The first-order valence-corrected chi connectivity index (χ1v) is 6.69. The summed E-state index contributed by atoms with van der Waals surface area (Å²) in [5.74, 6) is 0.100. The lowest BCUT2D eigenvalue weighted by Crippen LogP contribution is -2.11. The molecular formula is C11H6N4OS2. The van der Waals surface area contributed by atoms with Crippen molar-refractivity contribution in [3.8, 4) is 6.07 Å². The molecule has 0 saturated carbocycles. The fourth-order valence-electron chi connectivity index (χ4n) is 1.52. The van der Waals surface area contributed by atoms with Gasteiger partial charge in [-0.25, -0.2) is 0 Å². The number of carbonyl (C=O) groups excluding carboxylic acids is 1. The summed E-state index contributed by atoms with van der Waals surface area (Å²) in [6, 6.07) is 5.79. The van der Waals surface area contributed by atoms with Gasteiger partial charge in [-0.2, -0.15) is 10.4 Å². The molecule has 2 N–H and O–H groups in total. The van der Waals surface area contributed by atoms with Gasteiger partial charge in [-0.05, 0) is 17.5 Å². The lowest BCUT2D eigenvalue weighted by atomic mass is 10.3. The second-order valence-corrected chi connectivity index (χ2v) is 5.52. The molecule has 0 aliphatic carbocycles. The second kappa shape index (κ2) is 4.25. The maximum atomic E-state index is 12.0. The van der Waals surface area contributed by atoms with Gasteiger partial charge in [0, 0.05) is 9.40 Å². The summed E-state index contributed by atoms with van der Waals surface area (Å²) in [6.07, 6.45) is 1.38. The van der Waals surface area contributed by atoms with Gasteiger partial charge in [-0.3, -0.25) is 9.89 Å². The van der Waals surface area contributed by atoms with Crippen molar-refractivity contribution in [2.75, 3.05) is 5.32 Å². The molecule has 3 aromatic heterocycles. The summed E-state index contributed by atoms with van der Waals surface area (Å²) in [6.45, 7) is 0. The Labute approximate surface area is 110 Å². The number of aromatic nitrogens is 2. The van der Waals surface area contributed by atoms with Gasteiger partial charge in [0.25, 0.3) is 5.91 Å². The summed E-state index contributed by atoms with van der Waals surface area (Å²) in [5.41, 5.74) is 0.321. The van der Waals surface area contributed by atoms with E-state index in [0.717, 1.165) is 9.40 Å². The number of H-pyrrole nitrogens is 1. The van der Waals surface area contributed by atoms with E-state index in [1.807, 2.05) is 23.6 Å². The summed E-state index contributed by atoms with van der Waals surface area (Å²) in [4.78, 5) is 12.6. The summed E-state index contributed by atoms with van der Waals surface area (Å²) >= 11 is 3.03. The topological polar surface area (TPSA) is 81.6 Å². The number of thiophene rings is 2. The molecule has 5 nitrogen and oxygen atoms in total. The zero-order chi connectivity index (χ0) is 12.5. The number of amides is 1. The fourth-order valence-corrected chi connectivity index (χ4v) is 3.52. The van der Waals surface area contributed by atoms with Gasteiger partial charge in [-0.1, -0.05) is 0 Å². The van der Waals surface area contributed by atoms with Crippen molar-refractivity contribution in [2.24, 2.45) is 0 Å². The molecule has 1 amide bonds. The van der Waals surface area contributed by atoms with Crippen LogP contribution in [0.2, 0.25) is 0 Å². The molecule has 0 aromatic carbocycles. The van der Waals surface area contributed by atoms with Crippen LogP contribution < -0.4 is 5.32 Å². The van der Waals surface area contributed by atoms with Crippen molar-refractivity contribution in [1.82, 2.24) is 10.2 Å². The Morgan fingerprint density at radius 3 is 3.17 bits per heavy atom. The number of fused-ring (bicyclic) bond motifs is 1. The van der Waals surface area contributed by atoms with Crippen LogP contribution in [0.1, 0.15) is 15.2 Å². The number of nitriles is 1. The van der Waals surface area contributed by atoms with Crippen molar-refractivity contribution in [1.29, 1.82) is 5.26 Å². The molecule has 18 heavy (non-hydrogen) atoms. The van der Waals surface area contributed by atoms with Gasteiger partial charge in [0.05, 0.1) is 11.1 Å². The monoisotopic (exact) mass is 274 g/mol. The Balaban J connectivity index is 1.87. The van der Waals surface area contributed by atoms with E-state index in [4.69, 9.17) is 5.26 Å². The molecule has 3 aromatic rings. The fraction of sp³-hybridized carbons (Fsp3) is 0. The third-order valence-corrected chi connectivity index (χ3v) is 4.45. The van der Waals surface area contributed by atoms with E-state index in [1.54, 1.807) is 11.3 Å². The van der Waals surface area contributed by atoms with Crippen LogP contribution in [0.3, 0.4) is 0 Å². The minimum Gasteiger partial charge on any atom is -0.305 e. The number of hydrogen-bond donors (Lipinski definition) is 2. The van der Waals surface area contributed by atoms with Crippen molar-refractivity contribution in [3.05, 3.63) is 34.2 Å². The lowest BCUT2D eigenvalue weighted by Gasteiger charge is -1.99. The number of anilines is 1. The van der Waals surface area contributed by atoms with E-state index in [2.05, 4.69) is 15.5 Å². The molecule has 0 aliphatic rings. The molecule has 0 fully saturated rings. The van der Waals surface area contributed by atoms with Crippen LogP contribution in [0.25, 0.3) is 9.40 Å². The van der Waals surface area contributed by atoms with Crippen molar-refractivity contribution in [2.45, 2.75) is 0 Å². The zero-order valence-electron chi connectivity index (χ0n) is 8.93. The lowest BCUT2D eigenvalue weighted by molar-refractivity contribution is 0.103. The van der Waals surface area contributed by atoms with Crippen LogP contribution in [-0.4, -0.2) is 16.1 Å². The largest absolute Gasteiger partial charge is 0.305 e. The van der Waals surface area contributed by atoms with Crippen molar-refractivity contribution in [3.63, 3.8) is 0 Å². The number of aromatic amines is 1. The molecule has 0 atom stereocenters. The van der Waals surface area contributed by atoms with Crippen molar-refractivity contribution >= 4 is 43.8 Å². The first kappa shape index (κ1) is 11.0. The summed E-state index contributed by atoms with van der Waals surface area (Å²) in [7, 11) is 0. The minimum atomic E-state index is -0.232. The van der Waals surface area contributed by atoms with E-state index >= 15 is 0 Å². The Bertz CT molecular complexity index is 733. The van der Waals surface area contributed by atoms with Gasteiger partial charge >= 0.3 is 0 Å². The van der Waals surface area contributed by atoms with E-state index in [1.165, 1.54) is 17.5 Å². The first-order chi connectivity index (χ1) is 8.78. The average molecular weight is 274 g/mol. The number of nitrogens with one attached hydrogen (secondary N) is 2. The highest BCUT2D eigenvalue weighted by atomic mass is 32.1. The Hall–Kier alpha value is -2.17. The van der Waals surface area contributed by atoms with Crippen LogP contribution in [0, 0.1) is 11.3 Å². The van der Waals surface area contributed by atoms with Crippen LogP contribution in [-0.2, 0) is 0 Å². The predicted molar refractivity (Wildman–Crippen MR) is 71.0 cm³/mol. The van der Waals surface area contributed by atoms with Crippen LogP contribution in [0.4, 0.5) is 5.82 Å². The highest BCUT2D eigenvalue weighted by molar-refractivity contribution is 7.27. The Morgan fingerprint density at radius 2 is 2.39 bits per heavy atom. The molecule has 88 valence electrons. The van der Waals surface area contributed by atoms with Gasteiger partial charge in [0.15, 0.2) is 0 Å². The molecule has 0 spiro atoms. The maximum absolute atomic E-state index is 12.0. The number of hydrogen-bond acceptors (Lipinski definition) is 5. The quantitative estimate of drug-likeness (QED) is 0.754. The predicted octanol–water partition coefficient (Wildman–Crippen LogP) is 2.81. The standard InChI is InChI=1S/C11H6N4OS2/c12-4-6-5-13-15-10(6)14-11(16)9-3-8-7(18-9)1-2-17-8/h1-3,5H,(H2,13,14,15,16). The molecular weight excluding hydrogens is 268 g/mol. The SMILES string of the molecule is N#Cc1cn[nH]c1NC(=O)c1cc2sccc2s1. The van der Waals surface area contributed by atoms with E-state index in [0.29, 0.717) is 16.3 Å². The normalized spacial score (nSPS) is 10.4.